The molecule has 4 heteroatoms. The standard InChI is InChI=1S/C21H22FN3/c1-3-24-19-7-5-4-6-18(19)23-21(24)12-13-25-15(2)8-9-16-10-11-17(22)14-20(16)25/h4-11,14-15H,3,12-13H2,1-2H3. The molecule has 0 aliphatic carbocycles. The molecule has 0 spiro atoms. The van der Waals surface area contributed by atoms with E-state index in [-0.39, 0.29) is 11.9 Å². The summed E-state index contributed by atoms with van der Waals surface area (Å²) in [5.41, 5.74) is 4.26. The lowest BCUT2D eigenvalue weighted by molar-refractivity contribution is 0.622. The molecular weight excluding hydrogens is 313 g/mol. The normalized spacial score (nSPS) is 16.4. The summed E-state index contributed by atoms with van der Waals surface area (Å²) in [7, 11) is 0. The number of benzene rings is 2. The fourth-order valence-electron chi connectivity index (χ4n) is 3.69. The van der Waals surface area contributed by atoms with Gasteiger partial charge in [-0.05, 0) is 43.7 Å². The molecule has 0 bridgehead atoms. The molecule has 25 heavy (non-hydrogen) atoms. The Bertz CT molecular complexity index is 941. The molecule has 2 heterocycles. The molecule has 0 amide bonds. The molecule has 1 atom stereocenters. The van der Waals surface area contributed by atoms with Gasteiger partial charge in [-0.25, -0.2) is 9.37 Å². The molecule has 1 aromatic heterocycles. The highest BCUT2D eigenvalue weighted by Gasteiger charge is 2.20. The van der Waals surface area contributed by atoms with Crippen molar-refractivity contribution < 1.29 is 4.39 Å². The maximum atomic E-state index is 13.7. The van der Waals surface area contributed by atoms with Gasteiger partial charge in [0.1, 0.15) is 11.6 Å². The van der Waals surface area contributed by atoms with Crippen molar-refractivity contribution in [2.45, 2.75) is 32.9 Å². The van der Waals surface area contributed by atoms with Crippen molar-refractivity contribution in [1.29, 1.82) is 0 Å². The molecule has 3 aromatic rings. The van der Waals surface area contributed by atoms with Crippen molar-refractivity contribution in [3.8, 4) is 0 Å². The van der Waals surface area contributed by atoms with Crippen LogP contribution in [0.2, 0.25) is 0 Å². The van der Waals surface area contributed by atoms with Crippen LogP contribution in [0, 0.1) is 5.82 Å². The molecule has 2 aromatic carbocycles. The van der Waals surface area contributed by atoms with Gasteiger partial charge < -0.3 is 9.47 Å². The van der Waals surface area contributed by atoms with Gasteiger partial charge in [0.2, 0.25) is 0 Å². The Balaban J connectivity index is 1.63. The number of aryl methyl sites for hydroxylation is 1. The number of hydrogen-bond acceptors (Lipinski definition) is 2. The van der Waals surface area contributed by atoms with E-state index in [0.717, 1.165) is 42.1 Å². The first-order valence-electron chi connectivity index (χ1n) is 8.86. The van der Waals surface area contributed by atoms with Crippen molar-refractivity contribution in [3.05, 3.63) is 65.7 Å². The van der Waals surface area contributed by atoms with Gasteiger partial charge in [0.25, 0.3) is 0 Å². The first kappa shape index (κ1) is 15.9. The topological polar surface area (TPSA) is 21.1 Å². The third-order valence-electron chi connectivity index (χ3n) is 4.97. The Morgan fingerprint density at radius 1 is 1.16 bits per heavy atom. The maximum Gasteiger partial charge on any atom is 0.125 e. The third-order valence-corrected chi connectivity index (χ3v) is 4.97. The number of imidazole rings is 1. The lowest BCUT2D eigenvalue weighted by Gasteiger charge is -2.33. The summed E-state index contributed by atoms with van der Waals surface area (Å²) in [6.07, 6.45) is 5.08. The molecule has 0 saturated heterocycles. The molecule has 1 aliphatic heterocycles. The lowest BCUT2D eigenvalue weighted by atomic mass is 10.0. The second-order valence-corrected chi connectivity index (χ2v) is 6.51. The van der Waals surface area contributed by atoms with Gasteiger partial charge in [0.05, 0.1) is 11.0 Å². The highest BCUT2D eigenvalue weighted by Crippen LogP contribution is 2.30. The Morgan fingerprint density at radius 3 is 2.84 bits per heavy atom. The summed E-state index contributed by atoms with van der Waals surface area (Å²) in [5.74, 6) is 0.899. The average molecular weight is 335 g/mol. The quantitative estimate of drug-likeness (QED) is 0.691. The second-order valence-electron chi connectivity index (χ2n) is 6.51. The predicted octanol–water partition coefficient (Wildman–Crippen LogP) is 4.66. The van der Waals surface area contributed by atoms with Crippen LogP contribution in [0.5, 0.6) is 0 Å². The van der Waals surface area contributed by atoms with Crippen LogP contribution in [0.25, 0.3) is 17.1 Å². The Labute approximate surface area is 147 Å². The summed E-state index contributed by atoms with van der Waals surface area (Å²) in [5, 5.41) is 0. The van der Waals surface area contributed by atoms with Gasteiger partial charge in [-0.15, -0.1) is 0 Å². The van der Waals surface area contributed by atoms with Crippen LogP contribution in [-0.4, -0.2) is 22.1 Å². The zero-order chi connectivity index (χ0) is 17.4. The molecule has 1 aliphatic rings. The fourth-order valence-corrected chi connectivity index (χ4v) is 3.69. The molecular formula is C21H22FN3. The molecule has 3 nitrogen and oxygen atoms in total. The average Bonchev–Trinajstić information content (AvgIpc) is 2.98. The first-order valence-corrected chi connectivity index (χ1v) is 8.86. The van der Waals surface area contributed by atoms with Crippen LogP contribution in [0.4, 0.5) is 10.1 Å². The predicted molar refractivity (Wildman–Crippen MR) is 101 cm³/mol. The second kappa shape index (κ2) is 6.36. The largest absolute Gasteiger partial charge is 0.364 e. The van der Waals surface area contributed by atoms with E-state index >= 15 is 0 Å². The van der Waals surface area contributed by atoms with Crippen molar-refractivity contribution in [3.63, 3.8) is 0 Å². The Hall–Kier alpha value is -2.62. The molecule has 0 radical (unpaired) electrons. The monoisotopic (exact) mass is 335 g/mol. The van der Waals surface area contributed by atoms with E-state index in [1.165, 1.54) is 11.6 Å². The molecule has 128 valence electrons. The highest BCUT2D eigenvalue weighted by molar-refractivity contribution is 5.76. The Morgan fingerprint density at radius 2 is 2.00 bits per heavy atom. The van der Waals surface area contributed by atoms with Crippen LogP contribution in [0.15, 0.2) is 48.5 Å². The minimum absolute atomic E-state index is 0.188. The summed E-state index contributed by atoms with van der Waals surface area (Å²) < 4.78 is 16.0. The number of nitrogens with zero attached hydrogens (tertiary/aromatic N) is 3. The zero-order valence-corrected chi connectivity index (χ0v) is 14.6. The van der Waals surface area contributed by atoms with Crippen LogP contribution in [0.1, 0.15) is 25.2 Å². The molecule has 1 unspecified atom stereocenters. The van der Waals surface area contributed by atoms with Gasteiger partial charge in [-0.1, -0.05) is 30.4 Å². The van der Waals surface area contributed by atoms with E-state index < -0.39 is 0 Å². The fraction of sp³-hybridized carbons (Fsp3) is 0.286. The van der Waals surface area contributed by atoms with Crippen LogP contribution in [-0.2, 0) is 13.0 Å². The van der Waals surface area contributed by atoms with E-state index in [4.69, 9.17) is 4.98 Å². The van der Waals surface area contributed by atoms with E-state index in [9.17, 15) is 4.39 Å². The van der Waals surface area contributed by atoms with Crippen LogP contribution in [0.3, 0.4) is 0 Å². The minimum atomic E-state index is -0.188. The van der Waals surface area contributed by atoms with E-state index in [2.05, 4.69) is 53.7 Å². The summed E-state index contributed by atoms with van der Waals surface area (Å²) in [4.78, 5) is 7.07. The van der Waals surface area contributed by atoms with Gasteiger partial charge in [0, 0.05) is 31.2 Å². The smallest absolute Gasteiger partial charge is 0.125 e. The van der Waals surface area contributed by atoms with Gasteiger partial charge >= 0.3 is 0 Å². The zero-order valence-electron chi connectivity index (χ0n) is 14.6. The van der Waals surface area contributed by atoms with E-state index in [1.54, 1.807) is 6.07 Å². The number of fused-ring (bicyclic) bond motifs is 2. The number of rotatable bonds is 4. The van der Waals surface area contributed by atoms with Crippen molar-refractivity contribution in [2.24, 2.45) is 0 Å². The summed E-state index contributed by atoms with van der Waals surface area (Å²) in [6.45, 7) is 6.00. The van der Waals surface area contributed by atoms with Gasteiger partial charge in [-0.3, -0.25) is 0 Å². The van der Waals surface area contributed by atoms with Crippen LogP contribution >= 0.6 is 0 Å². The van der Waals surface area contributed by atoms with Crippen molar-refractivity contribution >= 4 is 22.8 Å². The molecule has 0 N–H and O–H groups in total. The van der Waals surface area contributed by atoms with E-state index in [0.29, 0.717) is 0 Å². The Kier molecular flexibility index (Phi) is 4.04. The number of hydrogen-bond donors (Lipinski definition) is 0. The van der Waals surface area contributed by atoms with Crippen molar-refractivity contribution in [2.75, 3.05) is 11.4 Å². The van der Waals surface area contributed by atoms with Gasteiger partial charge in [-0.2, -0.15) is 0 Å². The maximum absolute atomic E-state index is 13.7. The molecule has 0 fully saturated rings. The SMILES string of the molecule is CCn1c(CCN2c3cc(F)ccc3C=CC2C)nc2ccccc21. The molecule has 4 rings (SSSR count). The summed E-state index contributed by atoms with van der Waals surface area (Å²) in [6, 6.07) is 13.5. The lowest BCUT2D eigenvalue weighted by Crippen LogP contribution is -2.36. The van der Waals surface area contributed by atoms with Crippen molar-refractivity contribution in [1.82, 2.24) is 9.55 Å². The first-order chi connectivity index (χ1) is 12.2. The van der Waals surface area contributed by atoms with E-state index in [1.807, 2.05) is 12.1 Å². The highest BCUT2D eigenvalue weighted by atomic mass is 19.1. The number of halogens is 1. The molecule has 0 saturated carbocycles. The number of para-hydroxylation sites is 2. The third kappa shape index (κ3) is 2.82. The summed E-state index contributed by atoms with van der Waals surface area (Å²) >= 11 is 0. The van der Waals surface area contributed by atoms with Gasteiger partial charge in [0.15, 0.2) is 0 Å². The number of aromatic nitrogens is 2. The van der Waals surface area contributed by atoms with Crippen LogP contribution < -0.4 is 4.90 Å². The minimum Gasteiger partial charge on any atom is -0.364 e. The number of anilines is 1.